The van der Waals surface area contributed by atoms with Crippen LogP contribution in [0.2, 0.25) is 0 Å². The Kier molecular flexibility index (Phi) is 4.67. The monoisotopic (exact) mass is 290 g/mol. The lowest BCUT2D eigenvalue weighted by atomic mass is 9.99. The second kappa shape index (κ2) is 6.47. The van der Waals surface area contributed by atoms with Crippen molar-refractivity contribution in [2.24, 2.45) is 16.8 Å². The number of likely N-dealkylation sites (tertiary alicyclic amines) is 1. The molecule has 1 aliphatic rings. The zero-order valence-electron chi connectivity index (χ0n) is 12.5. The first kappa shape index (κ1) is 15.2. The Labute approximate surface area is 124 Å². The summed E-state index contributed by atoms with van der Waals surface area (Å²) in [5, 5.41) is 14.8. The fourth-order valence-electron chi connectivity index (χ4n) is 2.57. The van der Waals surface area contributed by atoms with Gasteiger partial charge in [-0.3, -0.25) is 0 Å². The third kappa shape index (κ3) is 3.45. The Bertz CT molecular complexity index is 549. The van der Waals surface area contributed by atoms with Gasteiger partial charge in [0.2, 0.25) is 0 Å². The average molecular weight is 290 g/mol. The van der Waals surface area contributed by atoms with E-state index in [2.05, 4.69) is 17.4 Å². The van der Waals surface area contributed by atoms with E-state index in [-0.39, 0.29) is 11.9 Å². The van der Waals surface area contributed by atoms with Crippen LogP contribution >= 0.6 is 0 Å². The summed E-state index contributed by atoms with van der Waals surface area (Å²) in [7, 11) is 0. The van der Waals surface area contributed by atoms with E-state index in [4.69, 9.17) is 10.9 Å². The van der Waals surface area contributed by atoms with Crippen molar-refractivity contribution < 1.29 is 10.0 Å². The molecule has 0 atom stereocenters. The molecule has 0 unspecified atom stereocenters. The summed E-state index contributed by atoms with van der Waals surface area (Å²) in [6, 6.07) is 5.30. The molecule has 0 saturated carbocycles. The zero-order chi connectivity index (χ0) is 15.4. The predicted octanol–water partition coefficient (Wildman–Crippen LogP) is 2.35. The molecule has 6 heteroatoms. The highest BCUT2D eigenvalue weighted by atomic mass is 16.4. The summed E-state index contributed by atoms with van der Waals surface area (Å²) in [6.45, 7) is 5.58. The number of carbonyl (C=O) groups is 1. The molecule has 0 aromatic heterocycles. The molecular weight excluding hydrogens is 268 g/mol. The lowest BCUT2D eigenvalue weighted by Crippen LogP contribution is -2.40. The molecule has 4 N–H and O–H groups in total. The average Bonchev–Trinajstić information content (AvgIpc) is 2.47. The number of carbonyl (C=O) groups excluding carboxylic acids is 1. The van der Waals surface area contributed by atoms with Crippen molar-refractivity contribution in [2.45, 2.75) is 26.7 Å². The fourth-order valence-corrected chi connectivity index (χ4v) is 2.57. The Morgan fingerprint density at radius 3 is 2.71 bits per heavy atom. The van der Waals surface area contributed by atoms with Crippen LogP contribution in [0.5, 0.6) is 0 Å². The lowest BCUT2D eigenvalue weighted by molar-refractivity contribution is 0.186. The second-order valence-corrected chi connectivity index (χ2v) is 5.58. The second-order valence-electron chi connectivity index (χ2n) is 5.58. The maximum atomic E-state index is 12.3. The smallest absolute Gasteiger partial charge is 0.321 e. The van der Waals surface area contributed by atoms with E-state index in [0.717, 1.165) is 31.5 Å². The third-order valence-corrected chi connectivity index (χ3v) is 3.95. The van der Waals surface area contributed by atoms with Gasteiger partial charge in [-0.1, -0.05) is 24.2 Å². The van der Waals surface area contributed by atoms with Crippen LogP contribution in [0.1, 0.15) is 30.9 Å². The first-order chi connectivity index (χ1) is 10.0. The summed E-state index contributed by atoms with van der Waals surface area (Å²) in [4.78, 5) is 14.1. The Morgan fingerprint density at radius 1 is 1.43 bits per heavy atom. The first-order valence-corrected chi connectivity index (χ1v) is 7.16. The number of benzene rings is 1. The van der Waals surface area contributed by atoms with Crippen LogP contribution in [0.25, 0.3) is 0 Å². The van der Waals surface area contributed by atoms with Gasteiger partial charge < -0.3 is 21.2 Å². The minimum Gasteiger partial charge on any atom is -0.409 e. The van der Waals surface area contributed by atoms with Gasteiger partial charge in [-0.2, -0.15) is 0 Å². The largest absolute Gasteiger partial charge is 0.409 e. The van der Waals surface area contributed by atoms with Crippen molar-refractivity contribution in [2.75, 3.05) is 18.4 Å². The van der Waals surface area contributed by atoms with E-state index < -0.39 is 0 Å². The highest BCUT2D eigenvalue weighted by molar-refractivity contribution is 6.06. The summed E-state index contributed by atoms with van der Waals surface area (Å²) < 4.78 is 0. The molecule has 1 aromatic rings. The first-order valence-electron chi connectivity index (χ1n) is 7.16. The highest BCUT2D eigenvalue weighted by Gasteiger charge is 2.21. The van der Waals surface area contributed by atoms with Crippen LogP contribution in [0.15, 0.2) is 23.4 Å². The SMILES string of the molecule is Cc1cccc(NC(=O)N2CCC(C)CC2)c1/C(N)=N/O. The number of anilines is 1. The van der Waals surface area contributed by atoms with Crippen molar-refractivity contribution in [1.29, 1.82) is 0 Å². The number of nitrogens with two attached hydrogens (primary N) is 1. The quantitative estimate of drug-likeness (QED) is 0.338. The number of aryl methyl sites for hydroxylation is 1. The number of piperidine rings is 1. The van der Waals surface area contributed by atoms with Crippen molar-refractivity contribution in [3.05, 3.63) is 29.3 Å². The molecule has 0 spiro atoms. The van der Waals surface area contributed by atoms with Gasteiger partial charge in [-0.25, -0.2) is 4.79 Å². The topological polar surface area (TPSA) is 91.0 Å². The lowest BCUT2D eigenvalue weighted by Gasteiger charge is -2.30. The molecule has 114 valence electrons. The number of amidine groups is 1. The molecule has 1 saturated heterocycles. The molecule has 6 nitrogen and oxygen atoms in total. The minimum atomic E-state index is -0.139. The number of rotatable bonds is 2. The molecule has 0 aliphatic carbocycles. The number of nitrogens with one attached hydrogen (secondary N) is 1. The maximum Gasteiger partial charge on any atom is 0.321 e. The molecule has 2 amide bonds. The summed E-state index contributed by atoms with van der Waals surface area (Å²) >= 11 is 0. The predicted molar refractivity (Wildman–Crippen MR) is 82.7 cm³/mol. The van der Waals surface area contributed by atoms with E-state index in [1.165, 1.54) is 0 Å². The summed E-state index contributed by atoms with van der Waals surface area (Å²) in [6.07, 6.45) is 2.04. The van der Waals surface area contributed by atoms with Gasteiger partial charge >= 0.3 is 6.03 Å². The van der Waals surface area contributed by atoms with E-state index in [1.54, 1.807) is 11.0 Å². The van der Waals surface area contributed by atoms with Gasteiger partial charge in [-0.15, -0.1) is 0 Å². The number of hydrogen-bond donors (Lipinski definition) is 3. The van der Waals surface area contributed by atoms with Crippen LogP contribution in [-0.4, -0.2) is 35.1 Å². The summed E-state index contributed by atoms with van der Waals surface area (Å²) in [5.74, 6) is 0.663. The van der Waals surface area contributed by atoms with Crippen molar-refractivity contribution in [1.82, 2.24) is 4.90 Å². The number of nitrogens with zero attached hydrogens (tertiary/aromatic N) is 2. The number of oxime groups is 1. The molecule has 1 aliphatic heterocycles. The Balaban J connectivity index is 2.16. The molecule has 21 heavy (non-hydrogen) atoms. The normalized spacial score (nSPS) is 16.9. The van der Waals surface area contributed by atoms with Crippen LogP contribution < -0.4 is 11.1 Å². The molecule has 2 rings (SSSR count). The van der Waals surface area contributed by atoms with Crippen molar-refractivity contribution in [3.8, 4) is 0 Å². The van der Waals surface area contributed by atoms with Gasteiger partial charge in [-0.05, 0) is 37.3 Å². The minimum absolute atomic E-state index is 0.00401. The fraction of sp³-hybridized carbons (Fsp3) is 0.467. The van der Waals surface area contributed by atoms with Gasteiger partial charge in [0.05, 0.1) is 5.69 Å². The number of urea groups is 1. The highest BCUT2D eigenvalue weighted by Crippen LogP contribution is 2.21. The van der Waals surface area contributed by atoms with Gasteiger partial charge in [0.1, 0.15) is 0 Å². The van der Waals surface area contributed by atoms with Crippen molar-refractivity contribution >= 4 is 17.6 Å². The van der Waals surface area contributed by atoms with Crippen molar-refractivity contribution in [3.63, 3.8) is 0 Å². The standard InChI is InChI=1S/C15H22N4O2/c1-10-6-8-19(9-7-10)15(20)17-12-5-3-4-11(2)13(12)14(16)18-21/h3-5,10,21H,6-9H2,1-2H3,(H2,16,18)(H,17,20). The third-order valence-electron chi connectivity index (χ3n) is 3.95. The molecule has 1 aromatic carbocycles. The number of amides is 2. The van der Waals surface area contributed by atoms with Crippen LogP contribution in [0.4, 0.5) is 10.5 Å². The van der Waals surface area contributed by atoms with E-state index in [9.17, 15) is 4.79 Å². The van der Waals surface area contributed by atoms with E-state index in [1.807, 2.05) is 19.1 Å². The molecule has 1 fully saturated rings. The number of hydrogen-bond acceptors (Lipinski definition) is 3. The zero-order valence-corrected chi connectivity index (χ0v) is 12.5. The van der Waals surface area contributed by atoms with Crippen LogP contribution in [0, 0.1) is 12.8 Å². The van der Waals surface area contributed by atoms with E-state index >= 15 is 0 Å². The summed E-state index contributed by atoms with van der Waals surface area (Å²) in [5.41, 5.74) is 7.66. The van der Waals surface area contributed by atoms with Crippen LogP contribution in [0.3, 0.4) is 0 Å². The van der Waals surface area contributed by atoms with Gasteiger partial charge in [0.15, 0.2) is 5.84 Å². The van der Waals surface area contributed by atoms with Crippen LogP contribution in [-0.2, 0) is 0 Å². The molecule has 0 radical (unpaired) electrons. The molecule has 1 heterocycles. The van der Waals surface area contributed by atoms with E-state index in [0.29, 0.717) is 17.2 Å². The Hall–Kier alpha value is -2.24. The van der Waals surface area contributed by atoms with Gasteiger partial charge in [0.25, 0.3) is 0 Å². The molecule has 0 bridgehead atoms. The maximum absolute atomic E-state index is 12.3. The van der Waals surface area contributed by atoms with Gasteiger partial charge in [0, 0.05) is 18.7 Å². The Morgan fingerprint density at radius 2 is 2.10 bits per heavy atom. The molecular formula is C15H22N4O2.